The third kappa shape index (κ3) is 2.99. The maximum atomic E-state index is 11.5. The summed E-state index contributed by atoms with van der Waals surface area (Å²) in [5, 5.41) is 6.02. The van der Waals surface area contributed by atoms with Crippen LogP contribution in [0.3, 0.4) is 0 Å². The summed E-state index contributed by atoms with van der Waals surface area (Å²) < 4.78 is 0. The zero-order chi connectivity index (χ0) is 14.0. The standard InChI is InChI=1S/C14H17N3O2/c1-14(2,3)17-11-10(12(18)13(11)19)16-8-9-6-4-5-7-15-9/h4-7,16-17H,8H2,1-3H3. The van der Waals surface area contributed by atoms with E-state index < -0.39 is 10.9 Å². The van der Waals surface area contributed by atoms with E-state index in [-0.39, 0.29) is 5.54 Å². The third-order valence-electron chi connectivity index (χ3n) is 2.58. The SMILES string of the molecule is CC(C)(C)Nc1c(NCc2ccccn2)c(=O)c1=O. The molecular weight excluding hydrogens is 242 g/mol. The second-order valence-electron chi connectivity index (χ2n) is 5.46. The van der Waals surface area contributed by atoms with Gasteiger partial charge >= 0.3 is 0 Å². The van der Waals surface area contributed by atoms with Crippen molar-refractivity contribution >= 4 is 11.4 Å². The van der Waals surface area contributed by atoms with Crippen LogP contribution in [0.1, 0.15) is 26.5 Å². The summed E-state index contributed by atoms with van der Waals surface area (Å²) in [5.74, 6) is 0. The number of hydrogen-bond acceptors (Lipinski definition) is 5. The zero-order valence-corrected chi connectivity index (χ0v) is 11.3. The molecule has 0 fully saturated rings. The lowest BCUT2D eigenvalue weighted by molar-refractivity contribution is 0.632. The van der Waals surface area contributed by atoms with Crippen LogP contribution in [0.15, 0.2) is 34.0 Å². The van der Waals surface area contributed by atoms with E-state index in [0.29, 0.717) is 17.9 Å². The van der Waals surface area contributed by atoms with Gasteiger partial charge in [-0.3, -0.25) is 14.6 Å². The number of aromatic nitrogens is 1. The van der Waals surface area contributed by atoms with Crippen molar-refractivity contribution < 1.29 is 0 Å². The van der Waals surface area contributed by atoms with Gasteiger partial charge in [0.1, 0.15) is 11.4 Å². The quantitative estimate of drug-likeness (QED) is 0.814. The molecule has 1 aromatic heterocycles. The smallest absolute Gasteiger partial charge is 0.253 e. The Labute approximate surface area is 111 Å². The summed E-state index contributed by atoms with van der Waals surface area (Å²) in [6.45, 7) is 6.23. The van der Waals surface area contributed by atoms with Crippen LogP contribution >= 0.6 is 0 Å². The zero-order valence-electron chi connectivity index (χ0n) is 11.3. The topological polar surface area (TPSA) is 71.1 Å². The summed E-state index contributed by atoms with van der Waals surface area (Å²) in [6.07, 6.45) is 1.69. The number of nitrogens with zero attached hydrogens (tertiary/aromatic N) is 1. The number of anilines is 2. The monoisotopic (exact) mass is 259 g/mol. The molecule has 2 rings (SSSR count). The van der Waals surface area contributed by atoms with Gasteiger partial charge in [-0.1, -0.05) is 6.07 Å². The van der Waals surface area contributed by atoms with E-state index in [1.165, 1.54) is 0 Å². The van der Waals surface area contributed by atoms with Crippen LogP contribution in [0, 0.1) is 0 Å². The van der Waals surface area contributed by atoms with Crippen LogP contribution < -0.4 is 21.5 Å². The Morgan fingerprint density at radius 3 is 2.37 bits per heavy atom. The maximum Gasteiger partial charge on any atom is 0.253 e. The average Bonchev–Trinajstić information content (AvgIpc) is 2.37. The van der Waals surface area contributed by atoms with Crippen molar-refractivity contribution in [1.29, 1.82) is 0 Å². The van der Waals surface area contributed by atoms with Gasteiger partial charge in [0.15, 0.2) is 0 Å². The van der Waals surface area contributed by atoms with Gasteiger partial charge in [-0.15, -0.1) is 0 Å². The molecule has 2 N–H and O–H groups in total. The summed E-state index contributed by atoms with van der Waals surface area (Å²) in [7, 11) is 0. The van der Waals surface area contributed by atoms with Crippen LogP contribution in [0.4, 0.5) is 11.4 Å². The van der Waals surface area contributed by atoms with E-state index in [9.17, 15) is 9.59 Å². The number of pyridine rings is 1. The second-order valence-corrected chi connectivity index (χ2v) is 5.46. The molecular formula is C14H17N3O2. The number of rotatable bonds is 4. The molecule has 2 aromatic rings. The van der Waals surface area contributed by atoms with Crippen molar-refractivity contribution in [3.63, 3.8) is 0 Å². The Morgan fingerprint density at radius 2 is 1.79 bits per heavy atom. The Hall–Kier alpha value is -2.17. The van der Waals surface area contributed by atoms with Gasteiger partial charge in [-0.2, -0.15) is 0 Å². The molecule has 0 atom stereocenters. The first-order valence-corrected chi connectivity index (χ1v) is 6.14. The van der Waals surface area contributed by atoms with Crippen molar-refractivity contribution in [2.75, 3.05) is 10.6 Å². The highest BCUT2D eigenvalue weighted by molar-refractivity contribution is 5.74. The van der Waals surface area contributed by atoms with Crippen molar-refractivity contribution in [2.24, 2.45) is 0 Å². The molecule has 5 heteroatoms. The van der Waals surface area contributed by atoms with Gasteiger partial charge < -0.3 is 10.6 Å². The van der Waals surface area contributed by atoms with Crippen LogP contribution in [-0.4, -0.2) is 10.5 Å². The fourth-order valence-corrected chi connectivity index (χ4v) is 1.74. The van der Waals surface area contributed by atoms with Crippen LogP contribution in [-0.2, 0) is 6.54 Å². The molecule has 19 heavy (non-hydrogen) atoms. The minimum Gasteiger partial charge on any atom is -0.375 e. The van der Waals surface area contributed by atoms with Crippen molar-refractivity contribution in [1.82, 2.24) is 4.98 Å². The molecule has 1 aromatic carbocycles. The average molecular weight is 259 g/mol. The number of nitrogens with one attached hydrogen (secondary N) is 2. The largest absolute Gasteiger partial charge is 0.375 e. The molecule has 5 nitrogen and oxygen atoms in total. The molecule has 100 valence electrons. The maximum absolute atomic E-state index is 11.5. The van der Waals surface area contributed by atoms with Crippen LogP contribution in [0.2, 0.25) is 0 Å². The second kappa shape index (κ2) is 4.84. The third-order valence-corrected chi connectivity index (χ3v) is 2.58. The van der Waals surface area contributed by atoms with Gasteiger partial charge in [0.2, 0.25) is 0 Å². The van der Waals surface area contributed by atoms with Gasteiger partial charge in [-0.25, -0.2) is 0 Å². The Bertz CT molecular complexity index is 635. The Balaban J connectivity index is 2.12. The van der Waals surface area contributed by atoms with Crippen LogP contribution in [0.25, 0.3) is 0 Å². The Kier molecular flexibility index (Phi) is 3.38. The highest BCUT2D eigenvalue weighted by Crippen LogP contribution is 2.19. The lowest BCUT2D eigenvalue weighted by atomic mass is 10.1. The normalized spacial score (nSPS) is 11.5. The van der Waals surface area contributed by atoms with Crippen LogP contribution in [0.5, 0.6) is 0 Å². The highest BCUT2D eigenvalue weighted by atomic mass is 16.2. The van der Waals surface area contributed by atoms with E-state index >= 15 is 0 Å². The van der Waals surface area contributed by atoms with Crippen molar-refractivity contribution in [3.05, 3.63) is 50.5 Å². The lowest BCUT2D eigenvalue weighted by Crippen LogP contribution is -2.41. The molecule has 0 amide bonds. The predicted octanol–water partition coefficient (Wildman–Crippen LogP) is 1.50. The van der Waals surface area contributed by atoms with E-state index in [1.807, 2.05) is 39.0 Å². The van der Waals surface area contributed by atoms with Crippen molar-refractivity contribution in [2.45, 2.75) is 32.9 Å². The summed E-state index contributed by atoms with van der Waals surface area (Å²) in [6, 6.07) is 5.56. The number of hydrogen-bond donors (Lipinski definition) is 2. The van der Waals surface area contributed by atoms with Gasteiger partial charge in [0.05, 0.1) is 12.2 Å². The van der Waals surface area contributed by atoms with E-state index in [0.717, 1.165) is 5.69 Å². The molecule has 0 radical (unpaired) electrons. The molecule has 0 bridgehead atoms. The first-order valence-electron chi connectivity index (χ1n) is 6.14. The molecule has 0 aliphatic carbocycles. The molecule has 1 heterocycles. The molecule has 0 unspecified atom stereocenters. The highest BCUT2D eigenvalue weighted by Gasteiger charge is 2.24. The summed E-state index contributed by atoms with van der Waals surface area (Å²) in [4.78, 5) is 27.2. The molecule has 0 spiro atoms. The van der Waals surface area contributed by atoms with E-state index in [2.05, 4.69) is 15.6 Å². The van der Waals surface area contributed by atoms with Crippen molar-refractivity contribution in [3.8, 4) is 0 Å². The molecule has 0 aliphatic rings. The van der Waals surface area contributed by atoms with Gasteiger partial charge in [-0.05, 0) is 32.9 Å². The fourth-order valence-electron chi connectivity index (χ4n) is 1.74. The minimum absolute atomic E-state index is 0.260. The van der Waals surface area contributed by atoms with Gasteiger partial charge in [0.25, 0.3) is 10.9 Å². The molecule has 0 aliphatic heterocycles. The Morgan fingerprint density at radius 1 is 1.11 bits per heavy atom. The molecule has 0 saturated heterocycles. The predicted molar refractivity (Wildman–Crippen MR) is 76.3 cm³/mol. The van der Waals surface area contributed by atoms with E-state index in [1.54, 1.807) is 6.20 Å². The first-order chi connectivity index (χ1) is 8.88. The van der Waals surface area contributed by atoms with E-state index in [4.69, 9.17) is 0 Å². The first kappa shape index (κ1) is 13.3. The fraction of sp³-hybridized carbons (Fsp3) is 0.357. The lowest BCUT2D eigenvalue weighted by Gasteiger charge is -2.24. The summed E-state index contributed by atoms with van der Waals surface area (Å²) >= 11 is 0. The summed E-state index contributed by atoms with van der Waals surface area (Å²) in [5.41, 5.74) is 0.348. The molecule has 0 saturated carbocycles. The minimum atomic E-state index is -0.470. The van der Waals surface area contributed by atoms with Gasteiger partial charge in [0, 0.05) is 11.7 Å².